The standard InChI is InChI=1S/C14H22N2O4/c1-14(2,3)20-13(19)16-11-5-4-9(7-12(11)18)6-10(17)8-15/h4-5,7,10,17-18H,6,8,15H2,1-3H3,(H,16,19). The van der Waals surface area contributed by atoms with Crippen LogP contribution in [-0.2, 0) is 11.2 Å². The van der Waals surface area contributed by atoms with Gasteiger partial charge in [0, 0.05) is 6.54 Å². The molecule has 0 aliphatic rings. The fraction of sp³-hybridized carbons (Fsp3) is 0.500. The summed E-state index contributed by atoms with van der Waals surface area (Å²) in [6, 6.07) is 4.73. The summed E-state index contributed by atoms with van der Waals surface area (Å²) >= 11 is 0. The van der Waals surface area contributed by atoms with Gasteiger partial charge in [-0.2, -0.15) is 0 Å². The number of hydrogen-bond donors (Lipinski definition) is 4. The molecule has 0 aliphatic heterocycles. The molecule has 0 saturated heterocycles. The predicted molar refractivity (Wildman–Crippen MR) is 76.7 cm³/mol. The number of aliphatic hydroxyl groups is 1. The minimum Gasteiger partial charge on any atom is -0.506 e. The van der Waals surface area contributed by atoms with Gasteiger partial charge in [-0.05, 0) is 44.9 Å². The number of aromatic hydroxyl groups is 1. The molecule has 1 atom stereocenters. The molecule has 1 amide bonds. The molecule has 0 heterocycles. The first-order chi connectivity index (χ1) is 9.21. The average molecular weight is 282 g/mol. The summed E-state index contributed by atoms with van der Waals surface area (Å²) < 4.78 is 5.09. The third-order valence-electron chi connectivity index (χ3n) is 2.44. The van der Waals surface area contributed by atoms with E-state index in [0.717, 1.165) is 5.56 Å². The van der Waals surface area contributed by atoms with Crippen molar-refractivity contribution in [2.75, 3.05) is 11.9 Å². The molecule has 1 unspecified atom stereocenters. The highest BCUT2D eigenvalue weighted by atomic mass is 16.6. The van der Waals surface area contributed by atoms with Crippen LogP contribution in [0.2, 0.25) is 0 Å². The topological polar surface area (TPSA) is 105 Å². The van der Waals surface area contributed by atoms with E-state index in [1.165, 1.54) is 6.07 Å². The van der Waals surface area contributed by atoms with Crippen LogP contribution in [0.15, 0.2) is 18.2 Å². The Balaban J connectivity index is 2.71. The molecule has 0 spiro atoms. The summed E-state index contributed by atoms with van der Waals surface area (Å²) in [6.45, 7) is 5.41. The van der Waals surface area contributed by atoms with Crippen LogP contribution in [0.3, 0.4) is 0 Å². The lowest BCUT2D eigenvalue weighted by Gasteiger charge is -2.20. The van der Waals surface area contributed by atoms with Crippen molar-refractivity contribution in [3.8, 4) is 5.75 Å². The highest BCUT2D eigenvalue weighted by molar-refractivity contribution is 5.86. The van der Waals surface area contributed by atoms with Gasteiger partial charge >= 0.3 is 6.09 Å². The lowest BCUT2D eigenvalue weighted by molar-refractivity contribution is 0.0635. The third-order valence-corrected chi connectivity index (χ3v) is 2.44. The lowest BCUT2D eigenvalue weighted by Crippen LogP contribution is -2.27. The third kappa shape index (κ3) is 5.46. The van der Waals surface area contributed by atoms with Crippen molar-refractivity contribution >= 4 is 11.8 Å². The second kappa shape index (κ2) is 6.58. The number of carbonyl (C=O) groups is 1. The number of anilines is 1. The molecule has 0 fully saturated rings. The Labute approximate surface area is 118 Å². The number of phenols is 1. The van der Waals surface area contributed by atoms with Gasteiger partial charge in [0.05, 0.1) is 11.8 Å². The molecule has 6 nitrogen and oxygen atoms in total. The normalized spacial score (nSPS) is 12.8. The number of amides is 1. The van der Waals surface area contributed by atoms with Crippen LogP contribution in [-0.4, -0.2) is 34.6 Å². The second-order valence-corrected chi connectivity index (χ2v) is 5.57. The largest absolute Gasteiger partial charge is 0.506 e. The zero-order valence-electron chi connectivity index (χ0n) is 12.0. The Bertz CT molecular complexity index is 469. The summed E-state index contributed by atoms with van der Waals surface area (Å²) in [7, 11) is 0. The molecule has 6 heteroatoms. The number of carbonyl (C=O) groups excluding carboxylic acids is 1. The van der Waals surface area contributed by atoms with E-state index < -0.39 is 17.8 Å². The number of rotatable bonds is 4. The number of hydrogen-bond acceptors (Lipinski definition) is 5. The van der Waals surface area contributed by atoms with Crippen LogP contribution in [0.1, 0.15) is 26.3 Å². The van der Waals surface area contributed by atoms with Gasteiger partial charge in [-0.15, -0.1) is 0 Å². The quantitative estimate of drug-likeness (QED) is 0.628. The molecule has 0 aliphatic carbocycles. The van der Waals surface area contributed by atoms with Crippen LogP contribution in [0.25, 0.3) is 0 Å². The number of nitrogens with two attached hydrogens (primary N) is 1. The van der Waals surface area contributed by atoms with E-state index in [1.54, 1.807) is 32.9 Å². The molecule has 20 heavy (non-hydrogen) atoms. The highest BCUT2D eigenvalue weighted by Crippen LogP contribution is 2.25. The molecule has 0 saturated carbocycles. The zero-order chi connectivity index (χ0) is 15.3. The van der Waals surface area contributed by atoms with Crippen molar-refractivity contribution < 1.29 is 19.7 Å². The molecule has 112 valence electrons. The Hall–Kier alpha value is -1.79. The fourth-order valence-corrected chi connectivity index (χ4v) is 1.58. The van der Waals surface area contributed by atoms with Crippen LogP contribution in [0.5, 0.6) is 5.75 Å². The molecular formula is C14H22N2O4. The first kappa shape index (κ1) is 16.3. The summed E-state index contributed by atoms with van der Waals surface area (Å²) in [5.74, 6) is -0.0856. The number of nitrogens with one attached hydrogen (secondary N) is 1. The fourth-order valence-electron chi connectivity index (χ4n) is 1.58. The molecule has 0 radical (unpaired) electrons. The first-order valence-corrected chi connectivity index (χ1v) is 6.41. The van der Waals surface area contributed by atoms with Crippen LogP contribution < -0.4 is 11.1 Å². The maximum atomic E-state index is 11.6. The van der Waals surface area contributed by atoms with Gasteiger partial charge in [-0.1, -0.05) is 6.07 Å². The summed E-state index contributed by atoms with van der Waals surface area (Å²) in [5.41, 5.74) is 5.71. The van der Waals surface area contributed by atoms with Crippen molar-refractivity contribution in [1.29, 1.82) is 0 Å². The van der Waals surface area contributed by atoms with Crippen molar-refractivity contribution in [2.45, 2.75) is 38.9 Å². The molecular weight excluding hydrogens is 260 g/mol. The Morgan fingerprint density at radius 2 is 2.10 bits per heavy atom. The van der Waals surface area contributed by atoms with Crippen molar-refractivity contribution in [3.05, 3.63) is 23.8 Å². The average Bonchev–Trinajstić information content (AvgIpc) is 2.30. The van der Waals surface area contributed by atoms with Crippen molar-refractivity contribution in [2.24, 2.45) is 5.73 Å². The van der Waals surface area contributed by atoms with Gasteiger partial charge in [0.15, 0.2) is 0 Å². The maximum absolute atomic E-state index is 11.6. The molecule has 0 aromatic heterocycles. The number of benzene rings is 1. The monoisotopic (exact) mass is 282 g/mol. The van der Waals surface area contributed by atoms with E-state index in [-0.39, 0.29) is 18.0 Å². The second-order valence-electron chi connectivity index (χ2n) is 5.57. The van der Waals surface area contributed by atoms with E-state index in [4.69, 9.17) is 10.5 Å². The predicted octanol–water partition coefficient (Wildman–Crippen LogP) is 1.60. The van der Waals surface area contributed by atoms with E-state index in [0.29, 0.717) is 6.42 Å². The van der Waals surface area contributed by atoms with Gasteiger partial charge in [-0.25, -0.2) is 4.79 Å². The van der Waals surface area contributed by atoms with Gasteiger partial charge in [0.25, 0.3) is 0 Å². The van der Waals surface area contributed by atoms with Gasteiger partial charge < -0.3 is 20.7 Å². The van der Waals surface area contributed by atoms with E-state index >= 15 is 0 Å². The summed E-state index contributed by atoms with van der Waals surface area (Å²) in [5, 5.41) is 21.8. The van der Waals surface area contributed by atoms with E-state index in [2.05, 4.69) is 5.32 Å². The molecule has 1 aromatic rings. The van der Waals surface area contributed by atoms with Gasteiger partial charge in [0.2, 0.25) is 0 Å². The van der Waals surface area contributed by atoms with Crippen LogP contribution in [0, 0.1) is 0 Å². The van der Waals surface area contributed by atoms with E-state index in [1.807, 2.05) is 0 Å². The smallest absolute Gasteiger partial charge is 0.412 e. The van der Waals surface area contributed by atoms with Crippen LogP contribution >= 0.6 is 0 Å². The minimum atomic E-state index is -0.654. The zero-order valence-corrected chi connectivity index (χ0v) is 12.0. The lowest BCUT2D eigenvalue weighted by atomic mass is 10.1. The van der Waals surface area contributed by atoms with E-state index in [9.17, 15) is 15.0 Å². The van der Waals surface area contributed by atoms with Gasteiger partial charge in [0.1, 0.15) is 11.4 Å². The molecule has 1 aromatic carbocycles. The summed E-state index contributed by atoms with van der Waals surface area (Å²) in [4.78, 5) is 11.6. The van der Waals surface area contributed by atoms with Crippen molar-refractivity contribution in [1.82, 2.24) is 0 Å². The number of phenolic OH excluding ortho intramolecular Hbond substituents is 1. The Morgan fingerprint density at radius 3 is 2.60 bits per heavy atom. The highest BCUT2D eigenvalue weighted by Gasteiger charge is 2.17. The number of ether oxygens (including phenoxy) is 1. The maximum Gasteiger partial charge on any atom is 0.412 e. The Morgan fingerprint density at radius 1 is 1.45 bits per heavy atom. The molecule has 1 rings (SSSR count). The van der Waals surface area contributed by atoms with Crippen LogP contribution in [0.4, 0.5) is 10.5 Å². The Kier molecular flexibility index (Phi) is 5.35. The molecule has 0 bridgehead atoms. The summed E-state index contributed by atoms with van der Waals surface area (Å²) in [6.07, 6.45) is -0.946. The van der Waals surface area contributed by atoms with Crippen molar-refractivity contribution in [3.63, 3.8) is 0 Å². The SMILES string of the molecule is CC(C)(C)OC(=O)Nc1ccc(CC(O)CN)cc1O. The van der Waals surface area contributed by atoms with Gasteiger partial charge in [-0.3, -0.25) is 5.32 Å². The molecule has 5 N–H and O–H groups in total. The first-order valence-electron chi connectivity index (χ1n) is 6.41. The minimum absolute atomic E-state index is 0.0856. The number of aliphatic hydroxyl groups excluding tert-OH is 1.